The number of hydrogen-bond acceptors (Lipinski definition) is 5. The van der Waals surface area contributed by atoms with Crippen molar-refractivity contribution in [2.24, 2.45) is 5.10 Å². The van der Waals surface area contributed by atoms with Crippen LogP contribution in [0.2, 0.25) is 0 Å². The zero-order valence-corrected chi connectivity index (χ0v) is 16.0. The molecular weight excluding hydrogens is 362 g/mol. The van der Waals surface area contributed by atoms with E-state index in [2.05, 4.69) is 22.4 Å². The van der Waals surface area contributed by atoms with E-state index in [-0.39, 0.29) is 0 Å². The molecular formula is C20H23N3O3S. The van der Waals surface area contributed by atoms with Crippen molar-refractivity contribution in [2.75, 3.05) is 26.9 Å². The van der Waals surface area contributed by atoms with Crippen molar-refractivity contribution in [2.45, 2.75) is 0 Å². The molecule has 0 spiro atoms. The molecule has 2 rings (SSSR count). The minimum absolute atomic E-state index is 0.440. The summed E-state index contributed by atoms with van der Waals surface area (Å²) in [4.78, 5) is 0. The molecule has 0 unspecified atom stereocenters. The topological polar surface area (TPSA) is 64.1 Å². The van der Waals surface area contributed by atoms with Gasteiger partial charge in [0.05, 0.1) is 13.3 Å². The third-order valence-corrected chi connectivity index (χ3v) is 3.56. The highest BCUT2D eigenvalue weighted by Crippen LogP contribution is 2.18. The van der Waals surface area contributed by atoms with Gasteiger partial charge in [0, 0.05) is 12.6 Å². The van der Waals surface area contributed by atoms with Crippen LogP contribution >= 0.6 is 12.2 Å². The molecule has 2 aromatic rings. The Kier molecular flexibility index (Phi) is 8.65. The number of nitrogens with zero attached hydrogens (tertiary/aromatic N) is 1. The maximum Gasteiger partial charge on any atom is 0.187 e. The third kappa shape index (κ3) is 7.79. The van der Waals surface area contributed by atoms with E-state index in [0.29, 0.717) is 24.9 Å². The lowest BCUT2D eigenvalue weighted by molar-refractivity contribution is 0.216. The molecule has 7 heteroatoms. The van der Waals surface area contributed by atoms with Gasteiger partial charge in [0.1, 0.15) is 30.5 Å². The SMILES string of the molecule is C=CCNC(=S)N/N=C/c1ccc(OCCOc2cccc(OC)c2)cc1. The second kappa shape index (κ2) is 11.5. The lowest BCUT2D eigenvalue weighted by Crippen LogP contribution is -2.31. The molecule has 0 atom stereocenters. The third-order valence-electron chi connectivity index (χ3n) is 3.33. The Hall–Kier alpha value is -3.06. The Morgan fingerprint density at radius 2 is 1.78 bits per heavy atom. The minimum atomic E-state index is 0.440. The molecule has 0 aliphatic heterocycles. The molecule has 2 N–H and O–H groups in total. The van der Waals surface area contributed by atoms with Crippen LogP contribution in [-0.2, 0) is 0 Å². The van der Waals surface area contributed by atoms with E-state index in [0.717, 1.165) is 22.8 Å². The Labute approximate surface area is 164 Å². The summed E-state index contributed by atoms with van der Waals surface area (Å²) in [6, 6.07) is 15.0. The second-order valence-corrected chi connectivity index (χ2v) is 5.72. The molecule has 0 amide bonds. The van der Waals surface area contributed by atoms with Gasteiger partial charge in [0.15, 0.2) is 5.11 Å². The van der Waals surface area contributed by atoms with E-state index in [1.807, 2.05) is 48.5 Å². The molecule has 0 aromatic heterocycles. The van der Waals surface area contributed by atoms with Crippen LogP contribution in [-0.4, -0.2) is 38.2 Å². The van der Waals surface area contributed by atoms with Gasteiger partial charge in [-0.25, -0.2) is 0 Å². The van der Waals surface area contributed by atoms with Gasteiger partial charge >= 0.3 is 0 Å². The smallest absolute Gasteiger partial charge is 0.187 e. The maximum absolute atomic E-state index is 5.67. The summed E-state index contributed by atoms with van der Waals surface area (Å²) in [5, 5.41) is 7.43. The summed E-state index contributed by atoms with van der Waals surface area (Å²) >= 11 is 5.04. The lowest BCUT2D eigenvalue weighted by Gasteiger charge is -2.09. The fraction of sp³-hybridized carbons (Fsp3) is 0.200. The van der Waals surface area contributed by atoms with Crippen molar-refractivity contribution < 1.29 is 14.2 Å². The van der Waals surface area contributed by atoms with Crippen LogP contribution in [0.3, 0.4) is 0 Å². The first-order valence-electron chi connectivity index (χ1n) is 8.39. The number of ether oxygens (including phenoxy) is 3. The number of rotatable bonds is 10. The minimum Gasteiger partial charge on any atom is -0.497 e. The fourth-order valence-electron chi connectivity index (χ4n) is 2.03. The van der Waals surface area contributed by atoms with E-state index in [1.165, 1.54) is 0 Å². The monoisotopic (exact) mass is 385 g/mol. The van der Waals surface area contributed by atoms with Crippen LogP contribution in [0.15, 0.2) is 66.3 Å². The van der Waals surface area contributed by atoms with Crippen molar-refractivity contribution in [1.82, 2.24) is 10.7 Å². The zero-order valence-electron chi connectivity index (χ0n) is 15.2. The molecule has 0 fully saturated rings. The highest BCUT2D eigenvalue weighted by atomic mass is 32.1. The summed E-state index contributed by atoms with van der Waals surface area (Å²) < 4.78 is 16.5. The maximum atomic E-state index is 5.67. The zero-order chi connectivity index (χ0) is 19.3. The standard InChI is InChI=1S/C20H23N3O3S/c1-3-11-21-20(27)23-22-15-16-7-9-17(10-8-16)25-12-13-26-19-6-4-5-18(14-19)24-2/h3-10,14-15H,1,11-13H2,2H3,(H2,21,23,27)/b22-15+. The molecule has 0 radical (unpaired) electrons. The molecule has 6 nitrogen and oxygen atoms in total. The first-order chi connectivity index (χ1) is 13.2. The van der Waals surface area contributed by atoms with E-state index in [9.17, 15) is 0 Å². The van der Waals surface area contributed by atoms with Gasteiger partial charge in [-0.2, -0.15) is 5.10 Å². The highest BCUT2D eigenvalue weighted by molar-refractivity contribution is 7.80. The molecule has 0 saturated heterocycles. The summed E-state index contributed by atoms with van der Waals surface area (Å²) in [6.45, 7) is 5.08. The van der Waals surface area contributed by atoms with Crippen molar-refractivity contribution in [3.63, 3.8) is 0 Å². The quantitative estimate of drug-likeness (QED) is 0.215. The van der Waals surface area contributed by atoms with E-state index in [1.54, 1.807) is 19.4 Å². The van der Waals surface area contributed by atoms with E-state index < -0.39 is 0 Å². The molecule has 27 heavy (non-hydrogen) atoms. The largest absolute Gasteiger partial charge is 0.497 e. The number of hydrazone groups is 1. The summed E-state index contributed by atoms with van der Waals surface area (Å²) in [6.07, 6.45) is 3.40. The molecule has 0 aliphatic carbocycles. The normalized spacial score (nSPS) is 10.3. The van der Waals surface area contributed by atoms with Gasteiger partial charge in [-0.05, 0) is 54.2 Å². The van der Waals surface area contributed by atoms with E-state index >= 15 is 0 Å². The van der Waals surface area contributed by atoms with Crippen LogP contribution in [0.1, 0.15) is 5.56 Å². The predicted octanol–water partition coefficient (Wildman–Crippen LogP) is 3.14. The molecule has 2 aromatic carbocycles. The van der Waals surface area contributed by atoms with E-state index in [4.69, 9.17) is 26.4 Å². The second-order valence-electron chi connectivity index (χ2n) is 5.31. The van der Waals surface area contributed by atoms with Crippen LogP contribution in [0, 0.1) is 0 Å². The number of thiocarbonyl (C=S) groups is 1. The van der Waals surface area contributed by atoms with Crippen molar-refractivity contribution in [3.8, 4) is 17.2 Å². The Balaban J connectivity index is 1.70. The van der Waals surface area contributed by atoms with Gasteiger partial charge in [0.2, 0.25) is 0 Å². The Morgan fingerprint density at radius 1 is 1.07 bits per heavy atom. The van der Waals surface area contributed by atoms with Gasteiger partial charge in [-0.15, -0.1) is 6.58 Å². The first kappa shape index (κ1) is 20.3. The number of benzene rings is 2. The number of nitrogens with one attached hydrogen (secondary N) is 2. The summed E-state index contributed by atoms with van der Waals surface area (Å²) in [7, 11) is 1.63. The van der Waals surface area contributed by atoms with Crippen LogP contribution in [0.5, 0.6) is 17.2 Å². The first-order valence-corrected chi connectivity index (χ1v) is 8.79. The van der Waals surface area contributed by atoms with Gasteiger partial charge in [-0.1, -0.05) is 12.1 Å². The van der Waals surface area contributed by atoms with Gasteiger partial charge < -0.3 is 19.5 Å². The fourth-order valence-corrected chi connectivity index (χ4v) is 2.17. The number of methoxy groups -OCH3 is 1. The lowest BCUT2D eigenvalue weighted by atomic mass is 10.2. The molecule has 142 valence electrons. The molecule has 0 saturated carbocycles. The Morgan fingerprint density at radius 3 is 2.48 bits per heavy atom. The van der Waals surface area contributed by atoms with Crippen molar-refractivity contribution in [1.29, 1.82) is 0 Å². The number of hydrogen-bond donors (Lipinski definition) is 2. The van der Waals surface area contributed by atoms with Crippen molar-refractivity contribution >= 4 is 23.5 Å². The predicted molar refractivity (Wildman–Crippen MR) is 112 cm³/mol. The molecule has 0 bridgehead atoms. The Bertz CT molecular complexity index is 763. The highest BCUT2D eigenvalue weighted by Gasteiger charge is 1.98. The van der Waals surface area contributed by atoms with Crippen molar-refractivity contribution in [3.05, 3.63) is 66.7 Å². The van der Waals surface area contributed by atoms with Crippen LogP contribution < -0.4 is 25.0 Å². The molecule has 0 heterocycles. The van der Waals surface area contributed by atoms with Gasteiger partial charge in [0.25, 0.3) is 0 Å². The average molecular weight is 385 g/mol. The van der Waals surface area contributed by atoms with Gasteiger partial charge in [-0.3, -0.25) is 5.43 Å². The van der Waals surface area contributed by atoms with Crippen LogP contribution in [0.25, 0.3) is 0 Å². The summed E-state index contributed by atoms with van der Waals surface area (Å²) in [5.41, 5.74) is 3.66. The summed E-state index contributed by atoms with van der Waals surface area (Å²) in [5.74, 6) is 2.27. The van der Waals surface area contributed by atoms with Crippen LogP contribution in [0.4, 0.5) is 0 Å². The average Bonchev–Trinajstić information content (AvgIpc) is 2.71. The molecule has 0 aliphatic rings.